The van der Waals surface area contributed by atoms with Crippen LogP contribution < -0.4 is 0 Å². The first kappa shape index (κ1) is 11.9. The second-order valence-electron chi connectivity index (χ2n) is 4.17. The van der Waals surface area contributed by atoms with Crippen LogP contribution in [0.15, 0.2) is 54.9 Å². The molecule has 1 aromatic carbocycles. The SMILES string of the molecule is c1ccc(COCCCCn2cccc2)cc1. The molecule has 0 aliphatic carbocycles. The number of benzene rings is 1. The summed E-state index contributed by atoms with van der Waals surface area (Å²) in [7, 11) is 0. The second-order valence-corrected chi connectivity index (χ2v) is 4.17. The van der Waals surface area contributed by atoms with E-state index in [4.69, 9.17) is 4.74 Å². The van der Waals surface area contributed by atoms with Crippen LogP contribution in [0.5, 0.6) is 0 Å². The molecule has 0 aliphatic rings. The first-order valence-electron chi connectivity index (χ1n) is 6.17. The molecule has 2 rings (SSSR count). The van der Waals surface area contributed by atoms with Crippen molar-refractivity contribution in [2.24, 2.45) is 0 Å². The molecule has 1 heterocycles. The predicted molar refractivity (Wildman–Crippen MR) is 69.8 cm³/mol. The normalized spacial score (nSPS) is 10.6. The minimum atomic E-state index is 0.727. The van der Waals surface area contributed by atoms with Gasteiger partial charge in [0.15, 0.2) is 0 Å². The molecule has 1 aromatic heterocycles. The highest BCUT2D eigenvalue weighted by molar-refractivity contribution is 5.13. The van der Waals surface area contributed by atoms with Crippen LogP contribution in [0.1, 0.15) is 18.4 Å². The van der Waals surface area contributed by atoms with E-state index in [1.54, 1.807) is 0 Å². The zero-order valence-corrected chi connectivity index (χ0v) is 10.1. The van der Waals surface area contributed by atoms with Crippen molar-refractivity contribution in [3.8, 4) is 0 Å². The van der Waals surface area contributed by atoms with Gasteiger partial charge < -0.3 is 9.30 Å². The molecular formula is C15H19NO. The lowest BCUT2D eigenvalue weighted by Gasteiger charge is -2.05. The smallest absolute Gasteiger partial charge is 0.0716 e. The minimum Gasteiger partial charge on any atom is -0.377 e. The van der Waals surface area contributed by atoms with Crippen LogP contribution in [0.25, 0.3) is 0 Å². The van der Waals surface area contributed by atoms with Gasteiger partial charge in [-0.25, -0.2) is 0 Å². The summed E-state index contributed by atoms with van der Waals surface area (Å²) in [6.07, 6.45) is 6.49. The quantitative estimate of drug-likeness (QED) is 0.663. The second kappa shape index (κ2) is 6.92. The van der Waals surface area contributed by atoms with E-state index in [1.165, 1.54) is 12.0 Å². The van der Waals surface area contributed by atoms with Crippen LogP contribution in [-0.4, -0.2) is 11.2 Å². The topological polar surface area (TPSA) is 14.2 Å². The maximum Gasteiger partial charge on any atom is 0.0716 e. The summed E-state index contributed by atoms with van der Waals surface area (Å²) >= 11 is 0. The van der Waals surface area contributed by atoms with Crippen molar-refractivity contribution in [1.82, 2.24) is 4.57 Å². The molecule has 0 aliphatic heterocycles. The minimum absolute atomic E-state index is 0.727. The Morgan fingerprint density at radius 3 is 2.41 bits per heavy atom. The largest absolute Gasteiger partial charge is 0.377 e. The van der Waals surface area contributed by atoms with Crippen LogP contribution in [0.4, 0.5) is 0 Å². The summed E-state index contributed by atoms with van der Waals surface area (Å²) in [5, 5.41) is 0. The van der Waals surface area contributed by atoms with Gasteiger partial charge in [-0.3, -0.25) is 0 Å². The molecule has 2 nitrogen and oxygen atoms in total. The molecule has 0 atom stereocenters. The lowest BCUT2D eigenvalue weighted by atomic mass is 10.2. The monoisotopic (exact) mass is 229 g/mol. The van der Waals surface area contributed by atoms with Gasteiger partial charge in [0.05, 0.1) is 6.61 Å². The maximum atomic E-state index is 5.63. The molecule has 0 radical (unpaired) electrons. The third-order valence-electron chi connectivity index (χ3n) is 2.73. The average Bonchev–Trinajstić information content (AvgIpc) is 2.88. The van der Waals surface area contributed by atoms with Crippen LogP contribution in [0, 0.1) is 0 Å². The first-order valence-corrected chi connectivity index (χ1v) is 6.17. The number of ether oxygens (including phenoxy) is 1. The fourth-order valence-electron chi connectivity index (χ4n) is 1.78. The Balaban J connectivity index is 1.52. The molecule has 0 spiro atoms. The summed E-state index contributed by atoms with van der Waals surface area (Å²) in [6, 6.07) is 14.4. The van der Waals surface area contributed by atoms with Gasteiger partial charge >= 0.3 is 0 Å². The number of unbranched alkanes of at least 4 members (excludes halogenated alkanes) is 1. The summed E-state index contributed by atoms with van der Waals surface area (Å²) in [6.45, 7) is 2.65. The van der Waals surface area contributed by atoms with Crippen LogP contribution >= 0.6 is 0 Å². The lowest BCUT2D eigenvalue weighted by Crippen LogP contribution is -1.99. The van der Waals surface area contributed by atoms with Gasteiger partial charge in [-0.15, -0.1) is 0 Å². The van der Waals surface area contributed by atoms with Crippen molar-refractivity contribution in [2.75, 3.05) is 6.61 Å². The Hall–Kier alpha value is -1.54. The van der Waals surface area contributed by atoms with Gasteiger partial charge in [0.2, 0.25) is 0 Å². The molecular weight excluding hydrogens is 210 g/mol. The number of nitrogens with zero attached hydrogens (tertiary/aromatic N) is 1. The van der Waals surface area contributed by atoms with Crippen molar-refractivity contribution in [1.29, 1.82) is 0 Å². The molecule has 90 valence electrons. The van der Waals surface area contributed by atoms with E-state index in [0.717, 1.165) is 26.2 Å². The van der Waals surface area contributed by atoms with E-state index in [0.29, 0.717) is 0 Å². The third-order valence-corrected chi connectivity index (χ3v) is 2.73. The number of hydrogen-bond acceptors (Lipinski definition) is 1. The van der Waals surface area contributed by atoms with Gasteiger partial charge in [0.25, 0.3) is 0 Å². The molecule has 0 fully saturated rings. The average molecular weight is 229 g/mol. The molecule has 2 heteroatoms. The van der Waals surface area contributed by atoms with E-state index >= 15 is 0 Å². The third kappa shape index (κ3) is 4.45. The number of rotatable bonds is 7. The highest BCUT2D eigenvalue weighted by atomic mass is 16.5. The van der Waals surface area contributed by atoms with Crippen LogP contribution in [0.3, 0.4) is 0 Å². The summed E-state index contributed by atoms with van der Waals surface area (Å²) < 4.78 is 7.84. The highest BCUT2D eigenvalue weighted by Gasteiger charge is 1.93. The lowest BCUT2D eigenvalue weighted by molar-refractivity contribution is 0.116. The van der Waals surface area contributed by atoms with E-state index in [-0.39, 0.29) is 0 Å². The van der Waals surface area contributed by atoms with Crippen LogP contribution in [0.2, 0.25) is 0 Å². The van der Waals surface area contributed by atoms with Crippen molar-refractivity contribution in [2.45, 2.75) is 26.0 Å². The molecule has 0 unspecified atom stereocenters. The van der Waals surface area contributed by atoms with Gasteiger partial charge in [-0.05, 0) is 30.5 Å². The molecule has 0 bridgehead atoms. The van der Waals surface area contributed by atoms with Crippen molar-refractivity contribution >= 4 is 0 Å². The Bertz CT molecular complexity index is 394. The Morgan fingerprint density at radius 2 is 1.65 bits per heavy atom. The fourth-order valence-corrected chi connectivity index (χ4v) is 1.78. The van der Waals surface area contributed by atoms with Gasteiger partial charge in [0.1, 0.15) is 0 Å². The molecule has 0 amide bonds. The number of aryl methyl sites for hydroxylation is 1. The zero-order chi connectivity index (χ0) is 11.8. The van der Waals surface area contributed by atoms with Gasteiger partial charge in [-0.1, -0.05) is 30.3 Å². The molecule has 17 heavy (non-hydrogen) atoms. The number of hydrogen-bond donors (Lipinski definition) is 0. The van der Waals surface area contributed by atoms with Crippen molar-refractivity contribution < 1.29 is 4.74 Å². The molecule has 0 saturated carbocycles. The molecule has 0 saturated heterocycles. The fraction of sp³-hybridized carbons (Fsp3) is 0.333. The first-order chi connectivity index (χ1) is 8.45. The van der Waals surface area contributed by atoms with Crippen molar-refractivity contribution in [3.05, 3.63) is 60.4 Å². The highest BCUT2D eigenvalue weighted by Crippen LogP contribution is 2.02. The summed E-state index contributed by atoms with van der Waals surface area (Å²) in [4.78, 5) is 0. The number of aromatic nitrogens is 1. The van der Waals surface area contributed by atoms with Gasteiger partial charge in [-0.2, -0.15) is 0 Å². The van der Waals surface area contributed by atoms with Crippen LogP contribution in [-0.2, 0) is 17.9 Å². The summed E-state index contributed by atoms with van der Waals surface area (Å²) in [5.74, 6) is 0. The standard InChI is InChI=1S/C15H19NO/c1-2-8-15(9-3-1)14-17-13-7-6-12-16-10-4-5-11-16/h1-5,8-11H,6-7,12-14H2. The Labute approximate surface area is 103 Å². The predicted octanol–water partition coefficient (Wildman–Crippen LogP) is 3.49. The Kier molecular flexibility index (Phi) is 4.86. The van der Waals surface area contributed by atoms with E-state index in [2.05, 4.69) is 41.2 Å². The maximum absolute atomic E-state index is 5.63. The zero-order valence-electron chi connectivity index (χ0n) is 10.1. The molecule has 2 aromatic rings. The van der Waals surface area contributed by atoms with E-state index in [1.807, 2.05) is 18.2 Å². The van der Waals surface area contributed by atoms with E-state index < -0.39 is 0 Å². The molecule has 0 N–H and O–H groups in total. The van der Waals surface area contributed by atoms with Crippen molar-refractivity contribution in [3.63, 3.8) is 0 Å². The summed E-state index contributed by atoms with van der Waals surface area (Å²) in [5.41, 5.74) is 1.25. The van der Waals surface area contributed by atoms with Gasteiger partial charge in [0, 0.05) is 25.5 Å². The Morgan fingerprint density at radius 1 is 0.882 bits per heavy atom. The van der Waals surface area contributed by atoms with E-state index in [9.17, 15) is 0 Å².